The Morgan fingerprint density at radius 2 is 1.95 bits per heavy atom. The van der Waals surface area contributed by atoms with Gasteiger partial charge in [0, 0.05) is 24.4 Å². The van der Waals surface area contributed by atoms with Gasteiger partial charge in [-0.15, -0.1) is 0 Å². The number of benzene rings is 1. The van der Waals surface area contributed by atoms with E-state index in [9.17, 15) is 8.78 Å². The molecule has 0 bridgehead atoms. The normalized spacial score (nSPS) is 12.4. The Labute approximate surface area is 131 Å². The van der Waals surface area contributed by atoms with Gasteiger partial charge in [-0.3, -0.25) is 0 Å². The van der Waals surface area contributed by atoms with E-state index in [1.54, 1.807) is 18.5 Å². The van der Waals surface area contributed by atoms with E-state index < -0.39 is 11.6 Å². The van der Waals surface area contributed by atoms with Crippen LogP contribution in [0, 0.1) is 11.6 Å². The predicted molar refractivity (Wildman–Crippen MR) is 80.8 cm³/mol. The zero-order chi connectivity index (χ0) is 15.2. The van der Waals surface area contributed by atoms with Gasteiger partial charge in [0.15, 0.2) is 0 Å². The average Bonchev–Trinajstić information content (AvgIpc) is 2.51. The van der Waals surface area contributed by atoms with E-state index in [2.05, 4.69) is 31.2 Å². The Balaban J connectivity index is 2.29. The van der Waals surface area contributed by atoms with Crippen molar-refractivity contribution < 1.29 is 8.78 Å². The van der Waals surface area contributed by atoms with Gasteiger partial charge in [0.05, 0.1) is 10.5 Å². The fraction of sp³-hybridized carbons (Fsp3) is 0.333. The van der Waals surface area contributed by atoms with E-state index in [1.165, 1.54) is 12.1 Å². The first-order chi connectivity index (χ1) is 10.1. The molecule has 1 aromatic carbocycles. The monoisotopic (exact) mass is 355 g/mol. The summed E-state index contributed by atoms with van der Waals surface area (Å²) in [6.07, 6.45) is 4.31. The molecule has 0 aliphatic heterocycles. The molecule has 112 valence electrons. The summed E-state index contributed by atoms with van der Waals surface area (Å²) < 4.78 is 28.3. The van der Waals surface area contributed by atoms with E-state index in [4.69, 9.17) is 0 Å². The molecule has 6 heteroatoms. The SMILES string of the molecule is CCCNC(Cc1c(F)ccc(Br)c1F)c1ncccn1. The van der Waals surface area contributed by atoms with Crippen molar-refractivity contribution in [2.75, 3.05) is 6.54 Å². The summed E-state index contributed by atoms with van der Waals surface area (Å²) in [6.45, 7) is 2.75. The molecule has 0 fully saturated rings. The highest BCUT2D eigenvalue weighted by molar-refractivity contribution is 9.10. The molecule has 2 aromatic rings. The van der Waals surface area contributed by atoms with Crippen LogP contribution in [-0.2, 0) is 6.42 Å². The second kappa shape index (κ2) is 7.56. The average molecular weight is 356 g/mol. The lowest BCUT2D eigenvalue weighted by Crippen LogP contribution is -2.26. The van der Waals surface area contributed by atoms with Crippen LogP contribution < -0.4 is 5.32 Å². The van der Waals surface area contributed by atoms with Crippen LogP contribution in [0.2, 0.25) is 0 Å². The van der Waals surface area contributed by atoms with Crippen LogP contribution in [0.4, 0.5) is 8.78 Å². The number of hydrogen-bond donors (Lipinski definition) is 1. The van der Waals surface area contributed by atoms with E-state index >= 15 is 0 Å². The Morgan fingerprint density at radius 3 is 2.62 bits per heavy atom. The van der Waals surface area contributed by atoms with Gasteiger partial charge in [-0.05, 0) is 47.1 Å². The molecule has 0 aliphatic rings. The van der Waals surface area contributed by atoms with Crippen LogP contribution in [-0.4, -0.2) is 16.5 Å². The van der Waals surface area contributed by atoms with E-state index in [1.807, 2.05) is 6.92 Å². The number of nitrogens with zero attached hydrogens (tertiary/aromatic N) is 2. The highest BCUT2D eigenvalue weighted by atomic mass is 79.9. The van der Waals surface area contributed by atoms with Gasteiger partial charge < -0.3 is 5.32 Å². The maximum absolute atomic E-state index is 14.1. The van der Waals surface area contributed by atoms with E-state index in [0.29, 0.717) is 5.82 Å². The van der Waals surface area contributed by atoms with Gasteiger partial charge in [0.25, 0.3) is 0 Å². The molecule has 0 saturated heterocycles. The predicted octanol–water partition coefficient (Wildman–Crippen LogP) is 3.80. The smallest absolute Gasteiger partial charge is 0.145 e. The molecule has 0 saturated carbocycles. The van der Waals surface area contributed by atoms with Crippen molar-refractivity contribution in [2.24, 2.45) is 0 Å². The lowest BCUT2D eigenvalue weighted by atomic mass is 10.0. The van der Waals surface area contributed by atoms with Crippen molar-refractivity contribution >= 4 is 15.9 Å². The number of hydrogen-bond acceptors (Lipinski definition) is 3. The minimum Gasteiger partial charge on any atom is -0.307 e. The van der Waals surface area contributed by atoms with Crippen molar-refractivity contribution in [3.05, 3.63) is 58.1 Å². The van der Waals surface area contributed by atoms with Gasteiger partial charge in [0.1, 0.15) is 17.5 Å². The highest BCUT2D eigenvalue weighted by Crippen LogP contribution is 2.25. The third-order valence-corrected chi connectivity index (χ3v) is 3.70. The second-order valence-corrected chi connectivity index (χ2v) is 5.49. The largest absolute Gasteiger partial charge is 0.307 e. The summed E-state index contributed by atoms with van der Waals surface area (Å²) in [4.78, 5) is 8.36. The van der Waals surface area contributed by atoms with Gasteiger partial charge in [-0.25, -0.2) is 18.7 Å². The molecule has 1 aromatic heterocycles. The molecule has 1 heterocycles. The lowest BCUT2D eigenvalue weighted by Gasteiger charge is -2.18. The standard InChI is InChI=1S/C15H16BrF2N3/c1-2-6-19-13(15-20-7-3-8-21-15)9-10-12(17)5-4-11(16)14(10)18/h3-5,7-8,13,19H,2,6,9H2,1H3. The number of rotatable bonds is 6. The summed E-state index contributed by atoms with van der Waals surface area (Å²) in [5.74, 6) is -0.603. The number of halogens is 3. The van der Waals surface area contributed by atoms with Gasteiger partial charge in [-0.2, -0.15) is 0 Å². The maximum atomic E-state index is 14.1. The second-order valence-electron chi connectivity index (χ2n) is 4.64. The van der Waals surface area contributed by atoms with Crippen LogP contribution in [0.1, 0.15) is 30.8 Å². The van der Waals surface area contributed by atoms with Crippen molar-refractivity contribution in [3.63, 3.8) is 0 Å². The molecular weight excluding hydrogens is 340 g/mol. The summed E-state index contributed by atoms with van der Waals surface area (Å²) >= 11 is 3.09. The molecule has 3 nitrogen and oxygen atoms in total. The fourth-order valence-corrected chi connectivity index (χ4v) is 2.40. The molecule has 21 heavy (non-hydrogen) atoms. The van der Waals surface area contributed by atoms with Crippen molar-refractivity contribution in [1.29, 1.82) is 0 Å². The third kappa shape index (κ3) is 4.04. The molecule has 0 spiro atoms. The summed E-state index contributed by atoms with van der Waals surface area (Å²) in [7, 11) is 0. The van der Waals surface area contributed by atoms with Crippen molar-refractivity contribution in [2.45, 2.75) is 25.8 Å². The van der Waals surface area contributed by atoms with Crippen LogP contribution in [0.15, 0.2) is 35.1 Å². The quantitative estimate of drug-likeness (QED) is 0.800. The first-order valence-electron chi connectivity index (χ1n) is 6.76. The highest BCUT2D eigenvalue weighted by Gasteiger charge is 2.20. The maximum Gasteiger partial charge on any atom is 0.145 e. The zero-order valence-corrected chi connectivity index (χ0v) is 13.2. The molecule has 0 amide bonds. The van der Waals surface area contributed by atoms with Gasteiger partial charge in [0.2, 0.25) is 0 Å². The lowest BCUT2D eigenvalue weighted by molar-refractivity contribution is 0.472. The topological polar surface area (TPSA) is 37.8 Å². The summed E-state index contributed by atoms with van der Waals surface area (Å²) in [5, 5.41) is 3.23. The van der Waals surface area contributed by atoms with E-state index in [0.717, 1.165) is 13.0 Å². The van der Waals surface area contributed by atoms with E-state index in [-0.39, 0.29) is 22.5 Å². The summed E-state index contributed by atoms with van der Waals surface area (Å²) in [6, 6.07) is 4.00. The zero-order valence-electron chi connectivity index (χ0n) is 11.6. The Bertz CT molecular complexity index is 593. The fourth-order valence-electron chi connectivity index (χ4n) is 2.02. The van der Waals surface area contributed by atoms with Crippen molar-refractivity contribution in [3.8, 4) is 0 Å². The van der Waals surface area contributed by atoms with Crippen LogP contribution >= 0.6 is 15.9 Å². The van der Waals surface area contributed by atoms with Crippen LogP contribution in [0.5, 0.6) is 0 Å². The molecule has 1 atom stereocenters. The minimum atomic E-state index is -0.575. The number of nitrogens with one attached hydrogen (secondary N) is 1. The molecular formula is C15H16BrF2N3. The summed E-state index contributed by atoms with van der Waals surface area (Å²) in [5.41, 5.74) is 0.0328. The Morgan fingerprint density at radius 1 is 1.24 bits per heavy atom. The van der Waals surface area contributed by atoms with Gasteiger partial charge in [-0.1, -0.05) is 6.92 Å². The molecule has 0 aliphatic carbocycles. The Kier molecular flexibility index (Phi) is 5.76. The Hall–Kier alpha value is -1.40. The van der Waals surface area contributed by atoms with Crippen molar-refractivity contribution in [1.82, 2.24) is 15.3 Å². The third-order valence-electron chi connectivity index (χ3n) is 3.09. The molecule has 1 N–H and O–H groups in total. The van der Waals surface area contributed by atoms with Gasteiger partial charge >= 0.3 is 0 Å². The molecule has 2 rings (SSSR count). The molecule has 1 unspecified atom stereocenters. The first kappa shape index (κ1) is 16.0. The van der Waals surface area contributed by atoms with Crippen LogP contribution in [0.25, 0.3) is 0 Å². The minimum absolute atomic E-state index is 0.0328. The van der Waals surface area contributed by atoms with Crippen LogP contribution in [0.3, 0.4) is 0 Å². The number of aromatic nitrogens is 2. The molecule has 0 radical (unpaired) electrons. The first-order valence-corrected chi connectivity index (χ1v) is 7.55.